The van der Waals surface area contributed by atoms with Crippen LogP contribution in [0.4, 0.5) is 0 Å². The first-order valence-corrected chi connectivity index (χ1v) is 1.34. The summed E-state index contributed by atoms with van der Waals surface area (Å²) in [5.41, 5.74) is 0. The summed E-state index contributed by atoms with van der Waals surface area (Å²) in [7, 11) is 6.00. The summed E-state index contributed by atoms with van der Waals surface area (Å²) in [5.74, 6) is 0. The van der Waals surface area contributed by atoms with E-state index in [-0.39, 0.29) is 40.6 Å². The minimum atomic E-state index is 0. The molecule has 0 radical (unpaired) electrons. The molecule has 0 aromatic heterocycles. The van der Waals surface area contributed by atoms with Crippen molar-refractivity contribution in [1.29, 1.82) is 0 Å². The first-order valence-electron chi connectivity index (χ1n) is 1.34. The molecule has 0 aliphatic heterocycles. The van der Waals surface area contributed by atoms with Crippen LogP contribution in [0.3, 0.4) is 0 Å². The van der Waals surface area contributed by atoms with Crippen LogP contribution in [-0.2, 0) is 0 Å². The summed E-state index contributed by atoms with van der Waals surface area (Å²) in [6, 6.07) is 0. The molecule has 0 aliphatic carbocycles. The molecule has 0 spiro atoms. The molecule has 0 aliphatic rings. The van der Waals surface area contributed by atoms with Crippen molar-refractivity contribution in [3.8, 4) is 0 Å². The van der Waals surface area contributed by atoms with Gasteiger partial charge in [-0.25, -0.2) is 0 Å². The van der Waals surface area contributed by atoms with E-state index in [4.69, 9.17) is 0 Å². The second-order valence-electron chi connectivity index (χ2n) is 1.34. The van der Waals surface area contributed by atoms with E-state index in [2.05, 4.69) is 0 Å². The second-order valence-corrected chi connectivity index (χ2v) is 1.34. The van der Waals surface area contributed by atoms with Gasteiger partial charge >= 0.3 is 37.7 Å². The maximum absolute atomic E-state index is 2.00. The van der Waals surface area contributed by atoms with E-state index in [0.29, 0.717) is 0 Å². The van der Waals surface area contributed by atoms with Crippen LogP contribution in [0.5, 0.6) is 0 Å². The molecule has 0 atom stereocenters. The minimum Gasteiger partial charge on any atom is -1.00 e. The van der Waals surface area contributed by atoms with Gasteiger partial charge in [0, 0.05) is 0 Å². The van der Waals surface area contributed by atoms with E-state index in [1.165, 1.54) is 0 Å². The van der Waals surface area contributed by atoms with Crippen molar-refractivity contribution in [2.24, 2.45) is 0 Å². The van der Waals surface area contributed by atoms with Crippen LogP contribution in [-0.4, -0.2) is 63.8 Å². The molecule has 5 heavy (non-hydrogen) atoms. The smallest absolute Gasteiger partial charge is 1.00 e. The zero-order chi connectivity index (χ0) is 3.58. The minimum absolute atomic E-state index is 0. The quantitative estimate of drug-likeness (QED) is 0.389. The van der Waals surface area contributed by atoms with Crippen LogP contribution < -0.4 is 0 Å². The summed E-state index contributed by atoms with van der Waals surface area (Å²) in [6.07, 6.45) is 0. The van der Waals surface area contributed by atoms with Gasteiger partial charge in [0.2, 0.25) is 0 Å². The van der Waals surface area contributed by atoms with Crippen molar-refractivity contribution in [2.45, 2.75) is 0 Å². The largest absolute Gasteiger partial charge is 2.00 e. The van der Waals surface area contributed by atoms with Crippen LogP contribution in [0.2, 0.25) is 0 Å². The van der Waals surface area contributed by atoms with E-state index in [9.17, 15) is 0 Å². The summed E-state index contributed by atoms with van der Waals surface area (Å²) in [6.45, 7) is 0. The Labute approximate surface area is 66.3 Å². The molecule has 0 N–H and O–H groups in total. The Morgan fingerprint density at radius 1 is 1.20 bits per heavy atom. The van der Waals surface area contributed by atoms with Gasteiger partial charge in [0.05, 0.1) is 0 Å². The van der Waals surface area contributed by atoms with Crippen molar-refractivity contribution in [3.63, 3.8) is 0 Å². The fraction of sp³-hybridized carbons (Fsp3) is 1.00. The predicted octanol–water partition coefficient (Wildman–Crippen LogP) is 0.0220. The van der Waals surface area contributed by atoms with E-state index in [1.807, 2.05) is 26.0 Å². The van der Waals surface area contributed by atoms with Crippen LogP contribution in [0.25, 0.3) is 0 Å². The van der Waals surface area contributed by atoms with Crippen molar-refractivity contribution < 1.29 is 2.85 Å². The van der Waals surface area contributed by atoms with Crippen molar-refractivity contribution in [3.05, 3.63) is 0 Å². The van der Waals surface area contributed by atoms with Gasteiger partial charge in [-0.15, -0.1) is 0 Å². The van der Waals surface area contributed by atoms with E-state index in [1.54, 1.807) is 0 Å². The maximum Gasteiger partial charge on any atom is 2.00 e. The van der Waals surface area contributed by atoms with Crippen molar-refractivity contribution in [2.75, 3.05) is 21.1 Å². The van der Waals surface area contributed by atoms with Gasteiger partial charge in [0.1, 0.15) is 0 Å². The molecule has 30 valence electrons. The van der Waals surface area contributed by atoms with Gasteiger partial charge in [-0.2, -0.15) is 0 Å². The number of hydrogen-bond acceptors (Lipinski definition) is 1. The van der Waals surface area contributed by atoms with Gasteiger partial charge in [0.15, 0.2) is 0 Å². The molecular weight excluding hydrogens is 90.1 g/mol. The predicted molar refractivity (Wildman–Crippen MR) is 27.6 cm³/mol. The summed E-state index contributed by atoms with van der Waals surface area (Å²) >= 11 is 0. The molecule has 0 rings (SSSR count). The number of nitrogens with zero attached hydrogens (tertiary/aromatic N) is 1. The zero-order valence-electron chi connectivity index (χ0n) is 6.15. The Balaban J connectivity index is -0.0000000150. The van der Waals surface area contributed by atoms with E-state index in [0.717, 1.165) is 0 Å². The van der Waals surface area contributed by atoms with Crippen LogP contribution in [0.15, 0.2) is 0 Å². The summed E-state index contributed by atoms with van der Waals surface area (Å²) in [5, 5.41) is 0. The summed E-state index contributed by atoms with van der Waals surface area (Å²) in [4.78, 5) is 2.00. The molecule has 0 aromatic rings. The fourth-order valence-electron chi connectivity index (χ4n) is 0. The molecule has 1 nitrogen and oxygen atoms in total. The first-order chi connectivity index (χ1) is 1.73. The Bertz CT molecular complexity index is 17.7. The van der Waals surface area contributed by atoms with Gasteiger partial charge in [0.25, 0.3) is 0 Å². The first kappa shape index (κ1) is 9.52. The molecule has 0 aromatic carbocycles. The van der Waals surface area contributed by atoms with Crippen molar-refractivity contribution >= 4 is 37.7 Å². The standard InChI is InChI=1S/C3H9N.Ca.2H/c1-4(2)3;;;/h1-3H3;;;/q;+2;2*-1. The number of hydrogen-bond donors (Lipinski definition) is 0. The fourth-order valence-corrected chi connectivity index (χ4v) is 0. The third-order valence-electron chi connectivity index (χ3n) is 0. The van der Waals surface area contributed by atoms with Gasteiger partial charge < -0.3 is 7.75 Å². The molecule has 0 heterocycles. The third-order valence-corrected chi connectivity index (χ3v) is 0. The van der Waals surface area contributed by atoms with Gasteiger partial charge in [-0.1, -0.05) is 0 Å². The average molecular weight is 101 g/mol. The van der Waals surface area contributed by atoms with Crippen LogP contribution in [0.1, 0.15) is 2.85 Å². The summed E-state index contributed by atoms with van der Waals surface area (Å²) < 4.78 is 0. The van der Waals surface area contributed by atoms with Gasteiger partial charge in [-0.05, 0) is 21.1 Å². The maximum atomic E-state index is 2.00. The Morgan fingerprint density at radius 2 is 1.20 bits per heavy atom. The van der Waals surface area contributed by atoms with Crippen LogP contribution in [0, 0.1) is 0 Å². The van der Waals surface area contributed by atoms with Crippen LogP contribution >= 0.6 is 0 Å². The molecular formula is C3H11CaN. The Hall–Kier alpha value is 1.22. The van der Waals surface area contributed by atoms with E-state index >= 15 is 0 Å². The topological polar surface area (TPSA) is 3.24 Å². The number of rotatable bonds is 0. The SMILES string of the molecule is CN(C)C.[Ca+2].[H-].[H-]. The monoisotopic (exact) mass is 101 g/mol. The molecule has 0 amide bonds. The molecule has 0 bridgehead atoms. The second kappa shape index (κ2) is 5.22. The molecule has 0 saturated carbocycles. The zero-order valence-corrected chi connectivity index (χ0v) is 6.36. The molecule has 0 fully saturated rings. The Morgan fingerprint density at radius 3 is 1.20 bits per heavy atom. The Kier molecular flexibility index (Phi) is 9.94. The molecule has 0 saturated heterocycles. The van der Waals surface area contributed by atoms with Crippen molar-refractivity contribution in [1.82, 2.24) is 4.90 Å². The van der Waals surface area contributed by atoms with E-state index < -0.39 is 0 Å². The average Bonchev–Trinajstić information content (AvgIpc) is 0.811. The van der Waals surface area contributed by atoms with Gasteiger partial charge in [-0.3, -0.25) is 0 Å². The normalized spacial score (nSPS) is 7.20. The third kappa shape index (κ3) is 36.4. The molecule has 2 heteroatoms. The molecule has 0 unspecified atom stereocenters.